The van der Waals surface area contributed by atoms with E-state index in [1.54, 1.807) is 6.92 Å². The minimum atomic E-state index is -4.35. The molecule has 1 unspecified atom stereocenters. The number of hydrogen-bond donors (Lipinski definition) is 1. The second-order valence-corrected chi connectivity index (χ2v) is 4.03. The van der Waals surface area contributed by atoms with Crippen LogP contribution in [0.2, 0.25) is 5.02 Å². The average Bonchev–Trinajstić information content (AvgIpc) is 2.14. The Morgan fingerprint density at radius 3 is 2.47 bits per heavy atom. The molecule has 1 rings (SSSR count). The van der Waals surface area contributed by atoms with Crippen LogP contribution in [0.1, 0.15) is 24.9 Å². The third kappa shape index (κ3) is 4.52. The molecule has 0 aliphatic carbocycles. The minimum Gasteiger partial charge on any atom is -0.310 e. The zero-order valence-corrected chi connectivity index (χ0v) is 9.87. The summed E-state index contributed by atoms with van der Waals surface area (Å²) in [5.74, 6) is -0.729. The van der Waals surface area contributed by atoms with Crippen LogP contribution in [-0.2, 0) is 0 Å². The van der Waals surface area contributed by atoms with Crippen molar-refractivity contribution < 1.29 is 17.6 Å². The van der Waals surface area contributed by atoms with Gasteiger partial charge in [0.15, 0.2) is 0 Å². The highest BCUT2D eigenvalue weighted by atomic mass is 35.5. The monoisotopic (exact) mass is 269 g/mol. The molecule has 0 aromatic heterocycles. The summed E-state index contributed by atoms with van der Waals surface area (Å²) in [7, 11) is 0. The molecule has 0 amide bonds. The number of nitrogens with one attached hydrogen (secondary N) is 1. The van der Waals surface area contributed by atoms with E-state index in [4.69, 9.17) is 11.6 Å². The first kappa shape index (κ1) is 14.3. The van der Waals surface area contributed by atoms with Crippen LogP contribution in [0.4, 0.5) is 17.6 Å². The van der Waals surface area contributed by atoms with E-state index in [-0.39, 0.29) is 10.6 Å². The molecule has 1 nitrogen and oxygen atoms in total. The first-order chi connectivity index (χ1) is 7.83. The van der Waals surface area contributed by atoms with Crippen molar-refractivity contribution in [1.82, 2.24) is 5.32 Å². The maximum atomic E-state index is 13.5. The Hall–Kier alpha value is -0.810. The van der Waals surface area contributed by atoms with Gasteiger partial charge in [0.25, 0.3) is 0 Å². The Morgan fingerprint density at radius 2 is 2.00 bits per heavy atom. The molecule has 17 heavy (non-hydrogen) atoms. The van der Waals surface area contributed by atoms with Gasteiger partial charge in [-0.25, -0.2) is 4.39 Å². The van der Waals surface area contributed by atoms with Gasteiger partial charge >= 0.3 is 6.18 Å². The molecule has 0 radical (unpaired) electrons. The van der Waals surface area contributed by atoms with Gasteiger partial charge in [0.2, 0.25) is 0 Å². The molecule has 1 aromatic carbocycles. The standard InChI is InChI=1S/C11H12ClF4N/c1-2-17-10(6-11(14,15)16)8-4-3-7(12)5-9(8)13/h3-5,10,17H,2,6H2,1H3. The molecule has 1 N–H and O–H groups in total. The Balaban J connectivity index is 2.97. The maximum absolute atomic E-state index is 13.5. The van der Waals surface area contributed by atoms with Crippen LogP contribution in [-0.4, -0.2) is 12.7 Å². The third-order valence-electron chi connectivity index (χ3n) is 2.22. The second-order valence-electron chi connectivity index (χ2n) is 3.60. The summed E-state index contributed by atoms with van der Waals surface area (Å²) in [4.78, 5) is 0. The molecule has 0 aliphatic heterocycles. The normalized spacial score (nSPS) is 13.8. The predicted octanol–water partition coefficient (Wildman–Crippen LogP) is 4.08. The summed E-state index contributed by atoms with van der Waals surface area (Å²) in [5.41, 5.74) is -0.0198. The lowest BCUT2D eigenvalue weighted by Gasteiger charge is -2.20. The quantitative estimate of drug-likeness (QED) is 0.812. The molecule has 96 valence electrons. The van der Waals surface area contributed by atoms with Crippen LogP contribution in [0.15, 0.2) is 18.2 Å². The summed E-state index contributed by atoms with van der Waals surface area (Å²) in [5, 5.41) is 2.77. The van der Waals surface area contributed by atoms with Crippen molar-refractivity contribution in [2.45, 2.75) is 25.6 Å². The molecule has 0 heterocycles. The van der Waals surface area contributed by atoms with Gasteiger partial charge in [0.05, 0.1) is 6.42 Å². The van der Waals surface area contributed by atoms with Crippen molar-refractivity contribution in [3.05, 3.63) is 34.6 Å². The number of alkyl halides is 3. The lowest BCUT2D eigenvalue weighted by atomic mass is 10.0. The Morgan fingerprint density at radius 1 is 1.35 bits per heavy atom. The van der Waals surface area contributed by atoms with Crippen molar-refractivity contribution in [3.63, 3.8) is 0 Å². The fourth-order valence-electron chi connectivity index (χ4n) is 1.55. The van der Waals surface area contributed by atoms with E-state index >= 15 is 0 Å². The highest BCUT2D eigenvalue weighted by Gasteiger charge is 2.33. The van der Waals surface area contributed by atoms with Gasteiger partial charge in [0, 0.05) is 16.6 Å². The van der Waals surface area contributed by atoms with E-state index in [9.17, 15) is 17.6 Å². The molecular weight excluding hydrogens is 258 g/mol. The van der Waals surface area contributed by atoms with Crippen molar-refractivity contribution in [2.75, 3.05) is 6.54 Å². The van der Waals surface area contributed by atoms with E-state index in [0.29, 0.717) is 6.54 Å². The summed E-state index contributed by atoms with van der Waals surface area (Å²) < 4.78 is 50.5. The molecule has 0 saturated heterocycles. The van der Waals surface area contributed by atoms with Gasteiger partial charge in [0.1, 0.15) is 5.82 Å². The number of hydrogen-bond acceptors (Lipinski definition) is 1. The van der Waals surface area contributed by atoms with Crippen molar-refractivity contribution in [3.8, 4) is 0 Å². The molecule has 0 fully saturated rings. The smallest absolute Gasteiger partial charge is 0.310 e. The molecule has 1 atom stereocenters. The fourth-order valence-corrected chi connectivity index (χ4v) is 1.71. The molecule has 1 aromatic rings. The van der Waals surface area contributed by atoms with Gasteiger partial charge in [-0.3, -0.25) is 0 Å². The first-order valence-corrected chi connectivity index (χ1v) is 5.46. The zero-order chi connectivity index (χ0) is 13.1. The minimum absolute atomic E-state index is 0.0198. The lowest BCUT2D eigenvalue weighted by molar-refractivity contribution is -0.140. The van der Waals surface area contributed by atoms with Gasteiger partial charge in [-0.1, -0.05) is 24.6 Å². The second kappa shape index (κ2) is 5.69. The summed E-state index contributed by atoms with van der Waals surface area (Å²) in [6.45, 7) is 1.99. The predicted molar refractivity (Wildman–Crippen MR) is 58.5 cm³/mol. The van der Waals surface area contributed by atoms with Crippen LogP contribution in [0, 0.1) is 5.82 Å². The number of halogens is 5. The Kier molecular flexibility index (Phi) is 4.77. The van der Waals surface area contributed by atoms with E-state index < -0.39 is 24.5 Å². The van der Waals surface area contributed by atoms with Crippen molar-refractivity contribution in [2.24, 2.45) is 0 Å². The van der Waals surface area contributed by atoms with Crippen LogP contribution >= 0.6 is 11.6 Å². The summed E-state index contributed by atoms with van der Waals surface area (Å²) >= 11 is 5.55. The lowest BCUT2D eigenvalue weighted by Crippen LogP contribution is -2.27. The van der Waals surface area contributed by atoms with Crippen LogP contribution in [0.3, 0.4) is 0 Å². The molecule has 0 bridgehead atoms. The topological polar surface area (TPSA) is 12.0 Å². The first-order valence-electron chi connectivity index (χ1n) is 5.08. The maximum Gasteiger partial charge on any atom is 0.390 e. The molecular formula is C11H12ClF4N. The van der Waals surface area contributed by atoms with Crippen molar-refractivity contribution >= 4 is 11.6 Å². The van der Waals surface area contributed by atoms with Gasteiger partial charge in [-0.05, 0) is 18.7 Å². The van der Waals surface area contributed by atoms with E-state index in [1.165, 1.54) is 12.1 Å². The largest absolute Gasteiger partial charge is 0.390 e. The SMILES string of the molecule is CCNC(CC(F)(F)F)c1ccc(Cl)cc1F. The van der Waals surface area contributed by atoms with E-state index in [1.807, 2.05) is 0 Å². The molecule has 0 aliphatic rings. The van der Waals surface area contributed by atoms with Gasteiger partial charge < -0.3 is 5.32 Å². The fraction of sp³-hybridized carbons (Fsp3) is 0.455. The van der Waals surface area contributed by atoms with Crippen LogP contribution in [0.25, 0.3) is 0 Å². The zero-order valence-electron chi connectivity index (χ0n) is 9.11. The van der Waals surface area contributed by atoms with Gasteiger partial charge in [-0.2, -0.15) is 13.2 Å². The Labute approximate surface area is 102 Å². The highest BCUT2D eigenvalue weighted by molar-refractivity contribution is 6.30. The average molecular weight is 270 g/mol. The van der Waals surface area contributed by atoms with E-state index in [2.05, 4.69) is 5.32 Å². The summed E-state index contributed by atoms with van der Waals surface area (Å²) in [6, 6.07) is 2.58. The Bertz CT molecular complexity index is 378. The highest BCUT2D eigenvalue weighted by Crippen LogP contribution is 2.31. The van der Waals surface area contributed by atoms with Crippen LogP contribution in [0.5, 0.6) is 0 Å². The third-order valence-corrected chi connectivity index (χ3v) is 2.46. The van der Waals surface area contributed by atoms with E-state index in [0.717, 1.165) is 6.07 Å². The van der Waals surface area contributed by atoms with Gasteiger partial charge in [-0.15, -0.1) is 0 Å². The van der Waals surface area contributed by atoms with Crippen LogP contribution < -0.4 is 5.32 Å². The number of rotatable bonds is 4. The summed E-state index contributed by atoms with van der Waals surface area (Å²) in [6.07, 6.45) is -5.46. The molecule has 0 spiro atoms. The molecule has 6 heteroatoms. The molecule has 0 saturated carbocycles. The number of benzene rings is 1. The van der Waals surface area contributed by atoms with Crippen molar-refractivity contribution in [1.29, 1.82) is 0 Å².